The van der Waals surface area contributed by atoms with E-state index in [1.54, 1.807) is 15.9 Å². The monoisotopic (exact) mass is 302 g/mol. The molecule has 0 fully saturated rings. The molecule has 0 radical (unpaired) electrons. The van der Waals surface area contributed by atoms with Crippen molar-refractivity contribution < 1.29 is 0 Å². The van der Waals surface area contributed by atoms with Crippen LogP contribution in [0.3, 0.4) is 0 Å². The molecule has 0 N–H and O–H groups in total. The Kier molecular flexibility index (Phi) is 3.41. The van der Waals surface area contributed by atoms with Gasteiger partial charge in [0, 0.05) is 0 Å². The number of fused-ring (bicyclic) bond motifs is 1. The summed E-state index contributed by atoms with van der Waals surface area (Å²) in [7, 11) is 0. The second-order valence-corrected chi connectivity index (χ2v) is 6.65. The Labute approximate surface area is 126 Å². The topological polar surface area (TPSA) is 52.7 Å². The first kappa shape index (κ1) is 14.0. The number of aromatic nitrogens is 4. The summed E-state index contributed by atoms with van der Waals surface area (Å²) in [6, 6.07) is 6.30. The van der Waals surface area contributed by atoms with Gasteiger partial charge in [-0.2, -0.15) is 5.10 Å². The van der Waals surface area contributed by atoms with Crippen LogP contribution in [0.1, 0.15) is 36.3 Å². The Bertz CT molecular complexity index is 856. The van der Waals surface area contributed by atoms with Crippen molar-refractivity contribution in [2.75, 3.05) is 0 Å². The highest BCUT2D eigenvalue weighted by Gasteiger charge is 2.14. The van der Waals surface area contributed by atoms with E-state index in [0.29, 0.717) is 6.54 Å². The second kappa shape index (κ2) is 5.11. The van der Waals surface area contributed by atoms with E-state index in [4.69, 9.17) is 0 Å². The minimum Gasteiger partial charge on any atom is -0.272 e. The maximum atomic E-state index is 12.3. The van der Waals surface area contributed by atoms with Gasteiger partial charge in [0.05, 0.1) is 22.8 Å². The van der Waals surface area contributed by atoms with Gasteiger partial charge in [0.2, 0.25) is 0 Å². The summed E-state index contributed by atoms with van der Waals surface area (Å²) in [5.74, 6) is 0.726. The standard InChI is InChI=1S/C15H18N4OS/c1-9(2)19-15(20)18(11(4)17-19)8-14-16-12-7-10(3)5-6-13(12)21-14/h5-7,9H,8H2,1-4H3. The lowest BCUT2D eigenvalue weighted by molar-refractivity contribution is 0.505. The third-order valence-corrected chi connectivity index (χ3v) is 4.46. The average molecular weight is 302 g/mol. The molecule has 6 heteroatoms. The van der Waals surface area contributed by atoms with Gasteiger partial charge < -0.3 is 0 Å². The minimum atomic E-state index is -0.0714. The predicted molar refractivity (Wildman–Crippen MR) is 85.1 cm³/mol. The van der Waals surface area contributed by atoms with Gasteiger partial charge in [-0.1, -0.05) is 6.07 Å². The Morgan fingerprint density at radius 1 is 1.29 bits per heavy atom. The first-order valence-electron chi connectivity index (χ1n) is 6.97. The number of aryl methyl sites for hydroxylation is 2. The van der Waals surface area contributed by atoms with Crippen molar-refractivity contribution >= 4 is 21.6 Å². The molecule has 5 nitrogen and oxygen atoms in total. The molecule has 3 aromatic rings. The molecule has 0 amide bonds. The van der Waals surface area contributed by atoms with Crippen LogP contribution in [0.5, 0.6) is 0 Å². The van der Waals surface area contributed by atoms with Gasteiger partial charge in [-0.05, 0) is 45.4 Å². The maximum absolute atomic E-state index is 12.3. The van der Waals surface area contributed by atoms with Crippen molar-refractivity contribution in [1.29, 1.82) is 0 Å². The fourth-order valence-electron chi connectivity index (χ4n) is 2.32. The molecule has 3 rings (SSSR count). The molecule has 2 heterocycles. The number of benzene rings is 1. The molecule has 0 bridgehead atoms. The zero-order chi connectivity index (χ0) is 15.1. The molecular weight excluding hydrogens is 284 g/mol. The lowest BCUT2D eigenvalue weighted by Gasteiger charge is -2.01. The van der Waals surface area contributed by atoms with Crippen LogP contribution in [0.15, 0.2) is 23.0 Å². The summed E-state index contributed by atoms with van der Waals surface area (Å²) < 4.78 is 4.36. The van der Waals surface area contributed by atoms with Crippen LogP contribution >= 0.6 is 11.3 Å². The summed E-state index contributed by atoms with van der Waals surface area (Å²) in [4.78, 5) is 17.0. The van der Waals surface area contributed by atoms with Crippen molar-refractivity contribution in [3.63, 3.8) is 0 Å². The van der Waals surface area contributed by atoms with Gasteiger partial charge in [0.1, 0.15) is 10.8 Å². The zero-order valence-corrected chi connectivity index (χ0v) is 13.4. The molecule has 0 saturated heterocycles. The highest BCUT2D eigenvalue weighted by atomic mass is 32.1. The molecule has 1 aromatic carbocycles. The lowest BCUT2D eigenvalue weighted by atomic mass is 10.2. The third-order valence-electron chi connectivity index (χ3n) is 3.44. The molecule has 0 unspecified atom stereocenters. The highest BCUT2D eigenvalue weighted by molar-refractivity contribution is 7.18. The fraction of sp³-hybridized carbons (Fsp3) is 0.400. The highest BCUT2D eigenvalue weighted by Crippen LogP contribution is 2.23. The van der Waals surface area contributed by atoms with E-state index >= 15 is 0 Å². The molecule has 2 aromatic heterocycles. The molecule has 0 spiro atoms. The fourth-order valence-corrected chi connectivity index (χ4v) is 3.26. The van der Waals surface area contributed by atoms with E-state index in [1.165, 1.54) is 10.2 Å². The van der Waals surface area contributed by atoms with Crippen molar-refractivity contribution in [3.05, 3.63) is 45.1 Å². The van der Waals surface area contributed by atoms with Gasteiger partial charge in [-0.3, -0.25) is 4.57 Å². The van der Waals surface area contributed by atoms with Crippen molar-refractivity contribution in [2.24, 2.45) is 0 Å². The molecule has 0 saturated carbocycles. The molecule has 0 aliphatic carbocycles. The van der Waals surface area contributed by atoms with E-state index in [-0.39, 0.29) is 11.7 Å². The van der Waals surface area contributed by atoms with Gasteiger partial charge in [-0.15, -0.1) is 11.3 Å². The van der Waals surface area contributed by atoms with Crippen molar-refractivity contribution in [2.45, 2.75) is 40.3 Å². The van der Waals surface area contributed by atoms with Crippen LogP contribution in [-0.4, -0.2) is 19.3 Å². The largest absolute Gasteiger partial charge is 0.346 e. The molecule has 0 aliphatic heterocycles. The molecular formula is C15H18N4OS. The quantitative estimate of drug-likeness (QED) is 0.747. The van der Waals surface area contributed by atoms with Crippen molar-refractivity contribution in [1.82, 2.24) is 19.3 Å². The molecule has 21 heavy (non-hydrogen) atoms. The smallest absolute Gasteiger partial charge is 0.272 e. The number of hydrogen-bond acceptors (Lipinski definition) is 4. The van der Waals surface area contributed by atoms with Gasteiger partial charge in [0.15, 0.2) is 0 Å². The summed E-state index contributed by atoms with van der Waals surface area (Å²) in [6.45, 7) is 8.31. The Balaban J connectivity index is 2.00. The van der Waals surface area contributed by atoms with E-state index in [2.05, 4.69) is 35.2 Å². The summed E-state index contributed by atoms with van der Waals surface area (Å²) in [5, 5.41) is 5.25. The lowest BCUT2D eigenvalue weighted by Crippen LogP contribution is -2.26. The molecule has 0 atom stereocenters. The second-order valence-electron chi connectivity index (χ2n) is 5.53. The zero-order valence-electron chi connectivity index (χ0n) is 12.6. The average Bonchev–Trinajstić information content (AvgIpc) is 2.93. The van der Waals surface area contributed by atoms with Gasteiger partial charge >= 0.3 is 5.69 Å². The molecule has 0 aliphatic rings. The van der Waals surface area contributed by atoms with E-state index in [1.807, 2.05) is 20.8 Å². The SMILES string of the molecule is Cc1ccc2sc(Cn3c(C)nn(C(C)C)c3=O)nc2c1. The van der Waals surface area contributed by atoms with E-state index in [0.717, 1.165) is 21.0 Å². The summed E-state index contributed by atoms with van der Waals surface area (Å²) in [5.41, 5.74) is 2.12. The first-order valence-corrected chi connectivity index (χ1v) is 7.79. The first-order chi connectivity index (χ1) is 9.95. The van der Waals surface area contributed by atoms with E-state index < -0.39 is 0 Å². The maximum Gasteiger partial charge on any atom is 0.346 e. The number of thiazole rings is 1. The molecule has 110 valence electrons. The number of nitrogens with zero attached hydrogens (tertiary/aromatic N) is 4. The van der Waals surface area contributed by atoms with Crippen LogP contribution in [0, 0.1) is 13.8 Å². The number of hydrogen-bond donors (Lipinski definition) is 0. The Morgan fingerprint density at radius 2 is 2.05 bits per heavy atom. The van der Waals surface area contributed by atoms with Gasteiger partial charge in [0.25, 0.3) is 0 Å². The Morgan fingerprint density at radius 3 is 2.71 bits per heavy atom. The normalized spacial score (nSPS) is 11.7. The summed E-state index contributed by atoms with van der Waals surface area (Å²) >= 11 is 1.63. The third kappa shape index (κ3) is 2.51. The Hall–Kier alpha value is -1.95. The van der Waals surface area contributed by atoms with Crippen LogP contribution < -0.4 is 5.69 Å². The summed E-state index contributed by atoms with van der Waals surface area (Å²) in [6.07, 6.45) is 0. The predicted octanol–water partition coefficient (Wildman–Crippen LogP) is 2.90. The van der Waals surface area contributed by atoms with E-state index in [9.17, 15) is 4.79 Å². The van der Waals surface area contributed by atoms with Crippen LogP contribution in [0.2, 0.25) is 0 Å². The van der Waals surface area contributed by atoms with Crippen LogP contribution in [0.25, 0.3) is 10.2 Å². The van der Waals surface area contributed by atoms with Crippen molar-refractivity contribution in [3.8, 4) is 0 Å². The minimum absolute atomic E-state index is 0.0652. The van der Waals surface area contributed by atoms with Crippen LogP contribution in [0.4, 0.5) is 0 Å². The van der Waals surface area contributed by atoms with Gasteiger partial charge in [-0.25, -0.2) is 14.5 Å². The van der Waals surface area contributed by atoms with Crippen LogP contribution in [-0.2, 0) is 6.54 Å². The number of rotatable bonds is 3.